The maximum atomic E-state index is 13.0. The fourth-order valence-electron chi connectivity index (χ4n) is 2.96. The second kappa shape index (κ2) is 10.0. The first-order valence-corrected chi connectivity index (χ1v) is 10.7. The van der Waals surface area contributed by atoms with Crippen LogP contribution < -0.4 is 0 Å². The van der Waals surface area contributed by atoms with Crippen LogP contribution in [-0.4, -0.2) is 63.6 Å². The van der Waals surface area contributed by atoms with E-state index in [0.29, 0.717) is 37.1 Å². The Hall–Kier alpha value is -1.46. The molecule has 0 radical (unpaired) electrons. The monoisotopic (exact) mass is 379 g/mol. The van der Waals surface area contributed by atoms with Gasteiger partial charge in [0.2, 0.25) is 10.0 Å². The van der Waals surface area contributed by atoms with Gasteiger partial charge in [0.05, 0.1) is 24.2 Å². The van der Waals surface area contributed by atoms with Gasteiger partial charge in [0.25, 0.3) is 0 Å². The van der Waals surface area contributed by atoms with Gasteiger partial charge in [-0.1, -0.05) is 26.0 Å². The molecule has 1 fully saturated rings. The van der Waals surface area contributed by atoms with Crippen LogP contribution in [0, 0.1) is 11.3 Å². The summed E-state index contributed by atoms with van der Waals surface area (Å²) < 4.78 is 32.8. The van der Waals surface area contributed by atoms with Crippen LogP contribution in [0.3, 0.4) is 0 Å². The minimum atomic E-state index is -3.60. The average molecular weight is 380 g/mol. The molecule has 0 spiro atoms. The van der Waals surface area contributed by atoms with E-state index in [0.717, 1.165) is 25.1 Å². The summed E-state index contributed by atoms with van der Waals surface area (Å²) in [5.74, 6) is 0.405. The van der Waals surface area contributed by atoms with Crippen LogP contribution in [0.5, 0.6) is 0 Å². The Morgan fingerprint density at radius 2 is 1.88 bits per heavy atom. The van der Waals surface area contributed by atoms with Crippen LogP contribution in [0.2, 0.25) is 0 Å². The van der Waals surface area contributed by atoms with Crippen molar-refractivity contribution in [2.45, 2.75) is 37.5 Å². The Bertz CT molecular complexity index is 692. The van der Waals surface area contributed by atoms with Gasteiger partial charge in [-0.25, -0.2) is 8.42 Å². The second-order valence-electron chi connectivity index (χ2n) is 6.64. The zero-order valence-electron chi connectivity index (χ0n) is 15.7. The molecule has 6 nitrogen and oxygen atoms in total. The highest BCUT2D eigenvalue weighted by Crippen LogP contribution is 2.22. The first-order valence-electron chi connectivity index (χ1n) is 9.26. The van der Waals surface area contributed by atoms with Crippen molar-refractivity contribution in [3.05, 3.63) is 29.8 Å². The molecule has 2 rings (SSSR count). The highest BCUT2D eigenvalue weighted by Gasteiger charge is 2.25. The molecule has 7 heteroatoms. The van der Waals surface area contributed by atoms with E-state index in [-0.39, 0.29) is 13.0 Å². The van der Waals surface area contributed by atoms with Gasteiger partial charge in [0.1, 0.15) is 0 Å². The van der Waals surface area contributed by atoms with E-state index in [2.05, 4.69) is 24.8 Å². The van der Waals surface area contributed by atoms with Gasteiger partial charge in [-0.3, -0.25) is 4.90 Å². The molecule has 26 heavy (non-hydrogen) atoms. The van der Waals surface area contributed by atoms with Crippen molar-refractivity contribution in [3.8, 4) is 6.07 Å². The van der Waals surface area contributed by atoms with Crippen LogP contribution in [0.25, 0.3) is 0 Å². The van der Waals surface area contributed by atoms with Crippen LogP contribution in [0.1, 0.15) is 38.2 Å². The SMILES string of the molecule is CC[C@@H](C)c1ccc(S(=O)(=O)N(CCC#N)CCN2CCOCC2)cc1. The molecule has 0 bridgehead atoms. The number of ether oxygens (including phenoxy) is 1. The van der Waals surface area contributed by atoms with Crippen molar-refractivity contribution in [2.75, 3.05) is 45.9 Å². The summed E-state index contributed by atoms with van der Waals surface area (Å²) >= 11 is 0. The topological polar surface area (TPSA) is 73.6 Å². The molecule has 144 valence electrons. The lowest BCUT2D eigenvalue weighted by molar-refractivity contribution is 0.0363. The lowest BCUT2D eigenvalue weighted by atomic mass is 9.99. The summed E-state index contributed by atoms with van der Waals surface area (Å²) in [5.41, 5.74) is 1.14. The number of nitrogens with zero attached hydrogens (tertiary/aromatic N) is 3. The highest BCUT2D eigenvalue weighted by molar-refractivity contribution is 7.89. The normalized spacial score (nSPS) is 17.2. The van der Waals surface area contributed by atoms with Crippen LogP contribution in [0.15, 0.2) is 29.2 Å². The Labute approximate surface area is 157 Å². The molecule has 0 aromatic heterocycles. The lowest BCUT2D eigenvalue weighted by Gasteiger charge is -2.29. The fourth-order valence-corrected chi connectivity index (χ4v) is 4.39. The van der Waals surface area contributed by atoms with Gasteiger partial charge in [0.15, 0.2) is 0 Å². The molecule has 0 unspecified atom stereocenters. The van der Waals surface area contributed by atoms with E-state index in [4.69, 9.17) is 10.00 Å². The maximum Gasteiger partial charge on any atom is 0.243 e. The van der Waals surface area contributed by atoms with Crippen molar-refractivity contribution in [2.24, 2.45) is 0 Å². The molecule has 1 aliphatic heterocycles. The van der Waals surface area contributed by atoms with E-state index in [1.165, 1.54) is 4.31 Å². The van der Waals surface area contributed by atoms with E-state index in [1.807, 2.05) is 12.1 Å². The third kappa shape index (κ3) is 5.52. The average Bonchev–Trinajstić information content (AvgIpc) is 2.68. The number of morpholine rings is 1. The number of hydrogen-bond acceptors (Lipinski definition) is 5. The second-order valence-corrected chi connectivity index (χ2v) is 8.58. The highest BCUT2D eigenvalue weighted by atomic mass is 32.2. The minimum Gasteiger partial charge on any atom is -0.379 e. The summed E-state index contributed by atoms with van der Waals surface area (Å²) in [6.07, 6.45) is 1.20. The van der Waals surface area contributed by atoms with Gasteiger partial charge >= 0.3 is 0 Å². The molecule has 1 atom stereocenters. The quantitative estimate of drug-likeness (QED) is 0.659. The standard InChI is InChI=1S/C19H29N3O3S/c1-3-17(2)18-5-7-19(8-6-18)26(23,24)22(10-4-9-20)12-11-21-13-15-25-16-14-21/h5-8,17H,3-4,10-16H2,1-2H3/t17-/m1/s1. The van der Waals surface area contributed by atoms with Crippen LogP contribution in [-0.2, 0) is 14.8 Å². The summed E-state index contributed by atoms with van der Waals surface area (Å²) in [5, 5.41) is 8.89. The fraction of sp³-hybridized carbons (Fsp3) is 0.632. The predicted octanol–water partition coefficient (Wildman–Crippen LogP) is 2.44. The van der Waals surface area contributed by atoms with Crippen molar-refractivity contribution >= 4 is 10.0 Å². The number of rotatable bonds is 9. The van der Waals surface area contributed by atoms with Crippen molar-refractivity contribution in [1.82, 2.24) is 9.21 Å². The summed E-state index contributed by atoms with van der Waals surface area (Å²) in [4.78, 5) is 2.49. The van der Waals surface area contributed by atoms with Gasteiger partial charge in [-0.2, -0.15) is 9.57 Å². The Kier molecular flexibility index (Phi) is 8.04. The Morgan fingerprint density at radius 3 is 2.46 bits per heavy atom. The van der Waals surface area contributed by atoms with Crippen molar-refractivity contribution in [1.29, 1.82) is 5.26 Å². The van der Waals surface area contributed by atoms with E-state index in [9.17, 15) is 8.42 Å². The molecule has 1 saturated heterocycles. The molecule has 1 aliphatic rings. The number of sulfonamides is 1. The number of benzene rings is 1. The van der Waals surface area contributed by atoms with Gasteiger partial charge in [-0.15, -0.1) is 0 Å². The molecule has 0 N–H and O–H groups in total. The smallest absolute Gasteiger partial charge is 0.243 e. The molecule has 0 aliphatic carbocycles. The summed E-state index contributed by atoms with van der Waals surface area (Å²) in [6.45, 7) is 8.50. The third-order valence-corrected chi connectivity index (χ3v) is 6.85. The zero-order valence-corrected chi connectivity index (χ0v) is 16.5. The first-order chi connectivity index (χ1) is 12.5. The van der Waals surface area contributed by atoms with Crippen LogP contribution >= 0.6 is 0 Å². The Balaban J connectivity index is 2.11. The van der Waals surface area contributed by atoms with Crippen LogP contribution in [0.4, 0.5) is 0 Å². The van der Waals surface area contributed by atoms with Crippen molar-refractivity contribution in [3.63, 3.8) is 0 Å². The lowest BCUT2D eigenvalue weighted by Crippen LogP contribution is -2.43. The van der Waals surface area contributed by atoms with E-state index in [1.54, 1.807) is 12.1 Å². The summed E-state index contributed by atoms with van der Waals surface area (Å²) in [7, 11) is -3.60. The molecule has 1 heterocycles. The molecular weight excluding hydrogens is 350 g/mol. The molecule has 1 aromatic carbocycles. The molecular formula is C19H29N3O3S. The van der Waals surface area contributed by atoms with Gasteiger partial charge < -0.3 is 4.74 Å². The molecule has 0 amide bonds. The van der Waals surface area contributed by atoms with Crippen molar-refractivity contribution < 1.29 is 13.2 Å². The molecule has 1 aromatic rings. The third-order valence-electron chi connectivity index (χ3n) is 4.94. The van der Waals surface area contributed by atoms with Gasteiger partial charge in [0, 0.05) is 39.1 Å². The number of hydrogen-bond donors (Lipinski definition) is 0. The maximum absolute atomic E-state index is 13.0. The largest absolute Gasteiger partial charge is 0.379 e. The van der Waals surface area contributed by atoms with E-state index < -0.39 is 10.0 Å². The summed E-state index contributed by atoms with van der Waals surface area (Å²) in [6, 6.07) is 9.21. The zero-order chi connectivity index (χ0) is 19.0. The predicted molar refractivity (Wildman–Crippen MR) is 101 cm³/mol. The number of nitriles is 1. The minimum absolute atomic E-state index is 0.188. The Morgan fingerprint density at radius 1 is 1.23 bits per heavy atom. The first kappa shape index (κ1) is 20.8. The molecule has 0 saturated carbocycles. The van der Waals surface area contributed by atoms with E-state index >= 15 is 0 Å². The van der Waals surface area contributed by atoms with Gasteiger partial charge in [-0.05, 0) is 30.0 Å².